The quantitative estimate of drug-likeness (QED) is 0.565. The van der Waals surface area contributed by atoms with Crippen molar-refractivity contribution in [1.29, 1.82) is 0 Å². The van der Waals surface area contributed by atoms with Crippen LogP contribution in [0.15, 0.2) is 48.5 Å². The highest BCUT2D eigenvalue weighted by atomic mass is 32.1. The first-order chi connectivity index (χ1) is 14.2. The van der Waals surface area contributed by atoms with Crippen LogP contribution in [0.4, 0.5) is 17.6 Å². The van der Waals surface area contributed by atoms with E-state index in [9.17, 15) is 27.5 Å². The standard InChI is InChI=1S/C21H18F4N2O2S/c22-15-6-2-1-5-13(15)12-27(14-9-10-14)18(28)11-20(29,21(23,24)25)19-26-16-7-3-4-8-17(16)30-19/h1-8,14,29H,9-12H2. The lowest BCUT2D eigenvalue weighted by Gasteiger charge is -2.31. The van der Waals surface area contributed by atoms with Gasteiger partial charge in [-0.15, -0.1) is 11.3 Å². The summed E-state index contributed by atoms with van der Waals surface area (Å²) in [4.78, 5) is 18.1. The predicted molar refractivity (Wildman–Crippen MR) is 104 cm³/mol. The van der Waals surface area contributed by atoms with Gasteiger partial charge in [0.05, 0.1) is 16.6 Å². The number of nitrogens with zero attached hydrogens (tertiary/aromatic N) is 2. The third-order valence-corrected chi connectivity index (χ3v) is 6.32. The summed E-state index contributed by atoms with van der Waals surface area (Å²) in [6.07, 6.45) is -5.05. The second kappa shape index (κ2) is 7.63. The van der Waals surface area contributed by atoms with Gasteiger partial charge in [-0.2, -0.15) is 13.2 Å². The maximum absolute atomic E-state index is 14.0. The second-order valence-corrected chi connectivity index (χ2v) is 8.40. The van der Waals surface area contributed by atoms with Crippen molar-refractivity contribution in [3.63, 3.8) is 0 Å². The molecule has 1 atom stereocenters. The van der Waals surface area contributed by atoms with Crippen molar-refractivity contribution in [2.45, 2.75) is 43.6 Å². The van der Waals surface area contributed by atoms with Crippen LogP contribution in [0.3, 0.4) is 0 Å². The number of carbonyl (C=O) groups is 1. The van der Waals surface area contributed by atoms with Crippen LogP contribution in [0.2, 0.25) is 0 Å². The first kappa shape index (κ1) is 20.7. The van der Waals surface area contributed by atoms with E-state index in [1.807, 2.05) is 0 Å². The first-order valence-electron chi connectivity index (χ1n) is 9.37. The van der Waals surface area contributed by atoms with Gasteiger partial charge in [-0.25, -0.2) is 9.37 Å². The van der Waals surface area contributed by atoms with E-state index < -0.39 is 34.9 Å². The van der Waals surface area contributed by atoms with E-state index in [1.165, 1.54) is 23.1 Å². The zero-order valence-corrected chi connectivity index (χ0v) is 16.5. The summed E-state index contributed by atoms with van der Waals surface area (Å²) in [5, 5.41) is 10.1. The zero-order chi connectivity index (χ0) is 21.5. The number of para-hydroxylation sites is 1. The molecule has 9 heteroatoms. The lowest BCUT2D eigenvalue weighted by Crippen LogP contribution is -2.47. The molecule has 4 rings (SSSR count). The number of alkyl halides is 3. The monoisotopic (exact) mass is 438 g/mol. The fraction of sp³-hybridized carbons (Fsp3) is 0.333. The topological polar surface area (TPSA) is 53.4 Å². The lowest BCUT2D eigenvalue weighted by atomic mass is 9.98. The van der Waals surface area contributed by atoms with Crippen molar-refractivity contribution >= 4 is 27.5 Å². The van der Waals surface area contributed by atoms with Crippen LogP contribution >= 0.6 is 11.3 Å². The van der Waals surface area contributed by atoms with Crippen molar-refractivity contribution < 1.29 is 27.5 Å². The highest BCUT2D eigenvalue weighted by Crippen LogP contribution is 2.45. The molecule has 3 aromatic rings. The molecule has 1 saturated carbocycles. The minimum atomic E-state index is -5.11. The lowest BCUT2D eigenvalue weighted by molar-refractivity contribution is -0.268. The van der Waals surface area contributed by atoms with Crippen molar-refractivity contribution in [2.75, 3.05) is 0 Å². The Balaban J connectivity index is 1.65. The summed E-state index contributed by atoms with van der Waals surface area (Å²) in [5.74, 6) is -1.42. The second-order valence-electron chi connectivity index (χ2n) is 7.37. The van der Waals surface area contributed by atoms with Gasteiger partial charge in [-0.3, -0.25) is 4.79 Å². The molecule has 4 nitrogen and oxygen atoms in total. The smallest absolute Gasteiger partial charge is 0.374 e. The largest absolute Gasteiger partial charge is 0.424 e. The third-order valence-electron chi connectivity index (χ3n) is 5.13. The fourth-order valence-electron chi connectivity index (χ4n) is 3.28. The van der Waals surface area contributed by atoms with E-state index in [1.54, 1.807) is 30.3 Å². The van der Waals surface area contributed by atoms with Crippen LogP contribution in [0.5, 0.6) is 0 Å². The molecule has 0 spiro atoms. The molecule has 1 amide bonds. The average molecular weight is 438 g/mol. The number of fused-ring (bicyclic) bond motifs is 1. The van der Waals surface area contributed by atoms with Crippen molar-refractivity contribution in [3.8, 4) is 0 Å². The van der Waals surface area contributed by atoms with E-state index in [0.29, 0.717) is 34.4 Å². The number of amides is 1. The number of thiazole rings is 1. The van der Waals surface area contributed by atoms with Gasteiger partial charge in [-0.05, 0) is 31.0 Å². The van der Waals surface area contributed by atoms with Gasteiger partial charge in [0.25, 0.3) is 0 Å². The normalized spacial score (nSPS) is 16.4. The van der Waals surface area contributed by atoms with Crippen LogP contribution in [0, 0.1) is 5.82 Å². The molecule has 2 aromatic carbocycles. The number of hydrogen-bond acceptors (Lipinski definition) is 4. The Hall–Kier alpha value is -2.52. The molecular formula is C21H18F4N2O2S. The molecule has 1 heterocycles. The van der Waals surface area contributed by atoms with Crippen LogP contribution in [0.25, 0.3) is 10.2 Å². The van der Waals surface area contributed by atoms with Crippen molar-refractivity contribution in [1.82, 2.24) is 9.88 Å². The number of halogens is 4. The Bertz CT molecular complexity index is 1050. The number of carbonyl (C=O) groups excluding carboxylic acids is 1. The number of aliphatic hydroxyl groups is 1. The molecule has 158 valence electrons. The molecule has 0 bridgehead atoms. The van der Waals surface area contributed by atoms with Gasteiger partial charge < -0.3 is 10.0 Å². The Morgan fingerprint density at radius 2 is 1.80 bits per heavy atom. The van der Waals surface area contributed by atoms with E-state index in [4.69, 9.17) is 0 Å². The summed E-state index contributed by atoms with van der Waals surface area (Å²) in [6, 6.07) is 12.0. The van der Waals surface area contributed by atoms with Crippen molar-refractivity contribution in [2.24, 2.45) is 0 Å². The number of aromatic nitrogens is 1. The van der Waals surface area contributed by atoms with Gasteiger partial charge in [0.15, 0.2) is 0 Å². The maximum Gasteiger partial charge on any atom is 0.424 e. The Morgan fingerprint density at radius 3 is 2.43 bits per heavy atom. The molecule has 1 N–H and O–H groups in total. The van der Waals surface area contributed by atoms with Gasteiger partial charge in [0.2, 0.25) is 11.5 Å². The minimum absolute atomic E-state index is 0.149. The van der Waals surface area contributed by atoms with Crippen LogP contribution in [-0.2, 0) is 16.9 Å². The Labute approximate surface area is 173 Å². The minimum Gasteiger partial charge on any atom is -0.374 e. The number of rotatable bonds is 6. The number of hydrogen-bond donors (Lipinski definition) is 1. The van der Waals surface area contributed by atoms with Crippen LogP contribution in [0.1, 0.15) is 29.8 Å². The third kappa shape index (κ3) is 3.91. The highest BCUT2D eigenvalue weighted by Gasteiger charge is 2.59. The highest BCUT2D eigenvalue weighted by molar-refractivity contribution is 7.18. The van der Waals surface area contributed by atoms with E-state index >= 15 is 0 Å². The van der Waals surface area contributed by atoms with Crippen LogP contribution < -0.4 is 0 Å². The predicted octanol–water partition coefficient (Wildman–Crippen LogP) is 4.77. The van der Waals surface area contributed by atoms with Crippen molar-refractivity contribution in [3.05, 3.63) is 64.9 Å². The molecule has 1 fully saturated rings. The molecule has 0 saturated heterocycles. The summed E-state index contributed by atoms with van der Waals surface area (Å²) in [7, 11) is 0. The average Bonchev–Trinajstić information content (AvgIpc) is 3.43. The maximum atomic E-state index is 14.0. The summed E-state index contributed by atoms with van der Waals surface area (Å²) >= 11 is 0.703. The summed E-state index contributed by atoms with van der Waals surface area (Å²) in [5.41, 5.74) is -2.89. The van der Waals surface area contributed by atoms with Crippen LogP contribution in [-0.4, -0.2) is 33.1 Å². The van der Waals surface area contributed by atoms with E-state index in [0.717, 1.165) is 0 Å². The fourth-order valence-corrected chi connectivity index (χ4v) is 4.36. The molecular weight excluding hydrogens is 420 g/mol. The molecule has 30 heavy (non-hydrogen) atoms. The SMILES string of the molecule is O=C(CC(O)(c1nc2ccccc2s1)C(F)(F)F)N(Cc1ccccc1F)C1CC1. The van der Waals surface area contributed by atoms with Gasteiger partial charge in [0.1, 0.15) is 10.8 Å². The molecule has 1 unspecified atom stereocenters. The summed E-state index contributed by atoms with van der Waals surface area (Å²) in [6.45, 7) is -0.149. The summed E-state index contributed by atoms with van der Waals surface area (Å²) < 4.78 is 56.3. The van der Waals surface area contributed by atoms with Gasteiger partial charge >= 0.3 is 6.18 Å². The van der Waals surface area contributed by atoms with E-state index in [-0.39, 0.29) is 18.2 Å². The first-order valence-corrected chi connectivity index (χ1v) is 10.2. The molecule has 0 radical (unpaired) electrons. The molecule has 0 aliphatic heterocycles. The Morgan fingerprint density at radius 1 is 1.13 bits per heavy atom. The zero-order valence-electron chi connectivity index (χ0n) is 15.7. The number of benzene rings is 2. The molecule has 1 aliphatic carbocycles. The van der Waals surface area contributed by atoms with Gasteiger partial charge in [0, 0.05) is 18.2 Å². The Kier molecular flexibility index (Phi) is 5.27. The van der Waals surface area contributed by atoms with Gasteiger partial charge in [-0.1, -0.05) is 30.3 Å². The van der Waals surface area contributed by atoms with E-state index in [2.05, 4.69) is 4.98 Å². The molecule has 1 aromatic heterocycles. The molecule has 1 aliphatic rings.